The van der Waals surface area contributed by atoms with Gasteiger partial charge in [-0.25, -0.2) is 9.11 Å². The van der Waals surface area contributed by atoms with Gasteiger partial charge in [-0.1, -0.05) is 18.2 Å². The van der Waals surface area contributed by atoms with Crippen LogP contribution in [-0.2, 0) is 6.54 Å². The van der Waals surface area contributed by atoms with Crippen LogP contribution in [0.15, 0.2) is 48.5 Å². The van der Waals surface area contributed by atoms with E-state index in [-0.39, 0.29) is 11.4 Å². The van der Waals surface area contributed by atoms with Crippen molar-refractivity contribution in [1.82, 2.24) is 9.62 Å². The van der Waals surface area contributed by atoms with Gasteiger partial charge in [-0.15, -0.1) is 0 Å². The molecule has 2 aromatic carbocycles. The van der Waals surface area contributed by atoms with Crippen LogP contribution in [0.1, 0.15) is 25.3 Å². The molecule has 2 atom stereocenters. The van der Waals surface area contributed by atoms with E-state index in [2.05, 4.69) is 33.0 Å². The van der Waals surface area contributed by atoms with Crippen LogP contribution in [0.4, 0.5) is 10.1 Å². The Labute approximate surface area is 165 Å². The molecule has 2 aromatic rings. The van der Waals surface area contributed by atoms with Gasteiger partial charge in [0.25, 0.3) is 0 Å². The minimum Gasteiger partial charge on any atom is -0.497 e. The first-order valence-electron chi connectivity index (χ1n) is 9.42. The molecule has 6 heteroatoms. The maximum Gasteiger partial charge on any atom is 0.125 e. The van der Waals surface area contributed by atoms with E-state index in [1.54, 1.807) is 31.4 Å². The number of ether oxygens (including phenoxy) is 1. The lowest BCUT2D eigenvalue weighted by Gasteiger charge is -2.47. The van der Waals surface area contributed by atoms with E-state index >= 15 is 0 Å². The number of hydrogen-bond acceptors (Lipinski definition) is 5. The van der Waals surface area contributed by atoms with Crippen LogP contribution in [0.2, 0.25) is 0 Å². The Morgan fingerprint density at radius 2 is 2.11 bits per heavy atom. The summed E-state index contributed by atoms with van der Waals surface area (Å²) in [5.74, 6) is 0.723. The van der Waals surface area contributed by atoms with Gasteiger partial charge >= 0.3 is 0 Å². The Morgan fingerprint density at radius 3 is 2.89 bits per heavy atom. The zero-order chi connectivity index (χ0) is 18.9. The topological polar surface area (TPSA) is 27.7 Å². The van der Waals surface area contributed by atoms with E-state index in [1.165, 1.54) is 11.6 Å². The fourth-order valence-electron chi connectivity index (χ4n) is 4.27. The summed E-state index contributed by atoms with van der Waals surface area (Å²) in [5.41, 5.74) is 2.25. The molecule has 4 nitrogen and oxygen atoms in total. The van der Waals surface area contributed by atoms with Crippen LogP contribution in [-0.4, -0.2) is 36.7 Å². The number of hydrogen-bond donors (Lipinski definition) is 1. The fraction of sp³-hybridized carbons (Fsp3) is 0.429. The molecule has 0 amide bonds. The zero-order valence-corrected chi connectivity index (χ0v) is 16.6. The van der Waals surface area contributed by atoms with Gasteiger partial charge in [-0.3, -0.25) is 9.21 Å². The summed E-state index contributed by atoms with van der Waals surface area (Å²) < 4.78 is 24.8. The summed E-state index contributed by atoms with van der Waals surface area (Å²) >= 11 is 1.60. The van der Waals surface area contributed by atoms with E-state index in [0.717, 1.165) is 43.9 Å². The number of rotatable bonds is 4. The average Bonchev–Trinajstić information content (AvgIpc) is 3.07. The second-order valence-electron chi connectivity index (χ2n) is 7.54. The largest absolute Gasteiger partial charge is 0.497 e. The van der Waals surface area contributed by atoms with Crippen molar-refractivity contribution in [2.75, 3.05) is 24.5 Å². The molecular formula is C21H26FN3OS. The number of likely N-dealkylation sites (tertiary alicyclic amines) is 1. The van der Waals surface area contributed by atoms with Crippen molar-refractivity contribution in [2.45, 2.75) is 37.9 Å². The summed E-state index contributed by atoms with van der Waals surface area (Å²) in [5, 5.41) is 0. The number of anilines is 1. The van der Waals surface area contributed by atoms with Gasteiger partial charge in [0.05, 0.1) is 18.3 Å². The molecule has 2 aliphatic heterocycles. The Bertz CT molecular complexity index is 805. The van der Waals surface area contributed by atoms with Crippen LogP contribution in [0.3, 0.4) is 0 Å². The van der Waals surface area contributed by atoms with Gasteiger partial charge in [0, 0.05) is 37.8 Å². The van der Waals surface area contributed by atoms with Gasteiger partial charge in [0.2, 0.25) is 0 Å². The first-order valence-corrected chi connectivity index (χ1v) is 10.2. The van der Waals surface area contributed by atoms with Crippen molar-refractivity contribution in [2.24, 2.45) is 0 Å². The molecular weight excluding hydrogens is 361 g/mol. The highest BCUT2D eigenvalue weighted by Crippen LogP contribution is 2.43. The van der Waals surface area contributed by atoms with Crippen molar-refractivity contribution in [3.63, 3.8) is 0 Å². The molecule has 2 saturated heterocycles. The second kappa shape index (κ2) is 7.70. The van der Waals surface area contributed by atoms with E-state index in [9.17, 15) is 4.39 Å². The van der Waals surface area contributed by atoms with Gasteiger partial charge in [-0.05, 0) is 55.7 Å². The van der Waals surface area contributed by atoms with E-state index in [0.29, 0.717) is 6.04 Å². The third kappa shape index (κ3) is 3.79. The Kier molecular flexibility index (Phi) is 5.30. The van der Waals surface area contributed by atoms with E-state index in [1.807, 2.05) is 18.2 Å². The highest BCUT2D eigenvalue weighted by atomic mass is 32.2. The van der Waals surface area contributed by atoms with Crippen molar-refractivity contribution >= 4 is 17.8 Å². The second-order valence-corrected chi connectivity index (χ2v) is 8.37. The summed E-state index contributed by atoms with van der Waals surface area (Å²) in [6, 6.07) is 15.7. The normalized spacial score (nSPS) is 25.9. The summed E-state index contributed by atoms with van der Waals surface area (Å²) in [7, 11) is 1.71. The highest BCUT2D eigenvalue weighted by molar-refractivity contribution is 7.99. The molecule has 0 saturated carbocycles. The van der Waals surface area contributed by atoms with Gasteiger partial charge in [-0.2, -0.15) is 0 Å². The SMILES string of the molecule is COc1cccc(CN2CC[C@]3(CNSN3c3cccc(F)c3)C[C@@H]2C)c1. The minimum absolute atomic E-state index is 0.0305. The van der Waals surface area contributed by atoms with Gasteiger partial charge in [0.15, 0.2) is 0 Å². The quantitative estimate of drug-likeness (QED) is 0.793. The first-order chi connectivity index (χ1) is 13.1. The van der Waals surface area contributed by atoms with Crippen molar-refractivity contribution in [1.29, 1.82) is 0 Å². The van der Waals surface area contributed by atoms with Crippen molar-refractivity contribution in [3.8, 4) is 5.75 Å². The van der Waals surface area contributed by atoms with Crippen LogP contribution < -0.4 is 13.8 Å². The summed E-state index contributed by atoms with van der Waals surface area (Å²) in [6.45, 7) is 5.17. The minimum atomic E-state index is -0.182. The maximum absolute atomic E-state index is 13.7. The number of methoxy groups -OCH3 is 1. The molecule has 4 rings (SSSR count). The number of nitrogens with one attached hydrogen (secondary N) is 1. The molecule has 2 heterocycles. The van der Waals surface area contributed by atoms with Gasteiger partial charge in [0.1, 0.15) is 11.6 Å². The first kappa shape index (κ1) is 18.6. The molecule has 0 radical (unpaired) electrons. The molecule has 1 N–H and O–H groups in total. The average molecular weight is 388 g/mol. The third-order valence-electron chi connectivity index (χ3n) is 5.71. The molecule has 2 fully saturated rings. The number of halogens is 1. The molecule has 1 spiro atoms. The zero-order valence-electron chi connectivity index (χ0n) is 15.8. The molecule has 144 valence electrons. The van der Waals surface area contributed by atoms with Crippen molar-refractivity contribution < 1.29 is 9.13 Å². The van der Waals surface area contributed by atoms with Gasteiger partial charge < -0.3 is 4.74 Å². The molecule has 2 aliphatic rings. The lowest BCUT2D eigenvalue weighted by molar-refractivity contribution is 0.106. The summed E-state index contributed by atoms with van der Waals surface area (Å²) in [4.78, 5) is 2.53. The Hall–Kier alpha value is -1.76. The van der Waals surface area contributed by atoms with E-state index in [4.69, 9.17) is 4.74 Å². The standard InChI is InChI=1S/C21H26FN3OS/c1-16-13-21(15-23-27-25(21)19-7-4-6-18(22)12-19)9-10-24(16)14-17-5-3-8-20(11-17)26-2/h3-8,11-12,16,23H,9-10,13-15H2,1-2H3/t16-,21+/m0/s1. The monoisotopic (exact) mass is 387 g/mol. The van der Waals surface area contributed by atoms with E-state index < -0.39 is 0 Å². The molecule has 0 unspecified atom stereocenters. The lowest BCUT2D eigenvalue weighted by atomic mass is 9.83. The maximum atomic E-state index is 13.7. The highest BCUT2D eigenvalue weighted by Gasteiger charge is 2.46. The lowest BCUT2D eigenvalue weighted by Crippen LogP contribution is -2.56. The number of piperidine rings is 1. The smallest absolute Gasteiger partial charge is 0.125 e. The number of nitrogens with zero attached hydrogens (tertiary/aromatic N) is 2. The molecule has 0 aliphatic carbocycles. The third-order valence-corrected chi connectivity index (χ3v) is 6.77. The Morgan fingerprint density at radius 1 is 1.26 bits per heavy atom. The van der Waals surface area contributed by atoms with Crippen LogP contribution >= 0.6 is 12.1 Å². The van der Waals surface area contributed by atoms with Crippen LogP contribution in [0, 0.1) is 5.82 Å². The Balaban J connectivity index is 1.48. The fourth-order valence-corrected chi connectivity index (χ4v) is 5.37. The summed E-state index contributed by atoms with van der Waals surface area (Å²) in [6.07, 6.45) is 2.10. The molecule has 0 aromatic heterocycles. The predicted molar refractivity (Wildman–Crippen MR) is 109 cm³/mol. The predicted octanol–water partition coefficient (Wildman–Crippen LogP) is 4.23. The van der Waals surface area contributed by atoms with Crippen molar-refractivity contribution in [3.05, 3.63) is 59.9 Å². The molecule has 0 bridgehead atoms. The number of benzene rings is 2. The van der Waals surface area contributed by atoms with Crippen LogP contribution in [0.5, 0.6) is 5.75 Å². The molecule has 27 heavy (non-hydrogen) atoms. The van der Waals surface area contributed by atoms with Crippen LogP contribution in [0.25, 0.3) is 0 Å².